The molecule has 126 valence electrons. The van der Waals surface area contributed by atoms with Crippen molar-refractivity contribution in [2.75, 3.05) is 20.1 Å². The molecule has 6 heteroatoms. The number of hydrogen-bond acceptors (Lipinski definition) is 3. The van der Waals surface area contributed by atoms with E-state index in [1.54, 1.807) is 7.05 Å². The summed E-state index contributed by atoms with van der Waals surface area (Å²) in [5, 5.41) is 9.25. The van der Waals surface area contributed by atoms with E-state index in [0.717, 1.165) is 12.2 Å². The molecule has 1 aliphatic heterocycles. The second kappa shape index (κ2) is 8.41. The maximum absolute atomic E-state index is 11.6. The van der Waals surface area contributed by atoms with Crippen LogP contribution in [0.2, 0.25) is 0 Å². The summed E-state index contributed by atoms with van der Waals surface area (Å²) in [4.78, 5) is 15.7. The van der Waals surface area contributed by atoms with Crippen LogP contribution in [-0.4, -0.2) is 44.1 Å². The summed E-state index contributed by atoms with van der Waals surface area (Å²) in [6.07, 6.45) is 1.43. The number of fused-ring (bicyclic) bond motifs is 1. The van der Waals surface area contributed by atoms with Gasteiger partial charge in [0.1, 0.15) is 11.9 Å². The van der Waals surface area contributed by atoms with E-state index in [4.69, 9.17) is 4.74 Å². The molecule has 23 heavy (non-hydrogen) atoms. The lowest BCUT2D eigenvalue weighted by Gasteiger charge is -2.15. The second-order valence-corrected chi connectivity index (χ2v) is 5.90. The number of aliphatic imine (C=N–C) groups is 1. The average Bonchev–Trinajstić information content (AvgIpc) is 2.92. The van der Waals surface area contributed by atoms with E-state index in [2.05, 4.69) is 27.0 Å². The molecule has 6 nitrogen and oxygen atoms in total. The van der Waals surface area contributed by atoms with Crippen molar-refractivity contribution in [2.24, 2.45) is 4.99 Å². The molecule has 0 aliphatic carbocycles. The fraction of sp³-hybridized carbons (Fsp3) is 0.529. The van der Waals surface area contributed by atoms with Gasteiger partial charge in [-0.3, -0.25) is 9.79 Å². The normalized spacial score (nSPS) is 16.7. The van der Waals surface area contributed by atoms with E-state index >= 15 is 0 Å². The number of carbonyl (C=O) groups is 1. The van der Waals surface area contributed by atoms with Crippen LogP contribution in [0.5, 0.6) is 5.75 Å². The van der Waals surface area contributed by atoms with Gasteiger partial charge in [0.2, 0.25) is 5.91 Å². The minimum absolute atomic E-state index is 0.0394. The number of nitrogens with zero attached hydrogens (tertiary/aromatic N) is 1. The lowest BCUT2D eigenvalue weighted by molar-refractivity contribution is -0.121. The highest BCUT2D eigenvalue weighted by Gasteiger charge is 2.22. The van der Waals surface area contributed by atoms with Gasteiger partial charge >= 0.3 is 0 Å². The van der Waals surface area contributed by atoms with E-state index in [-0.39, 0.29) is 18.1 Å². The first-order chi connectivity index (χ1) is 11.1. The highest BCUT2D eigenvalue weighted by atomic mass is 16.5. The molecule has 0 bridgehead atoms. The molecule has 1 unspecified atom stereocenters. The first kappa shape index (κ1) is 17.1. The van der Waals surface area contributed by atoms with Gasteiger partial charge in [0, 0.05) is 32.5 Å². The highest BCUT2D eigenvalue weighted by Crippen LogP contribution is 2.27. The maximum Gasteiger partial charge on any atom is 0.221 e. The highest BCUT2D eigenvalue weighted by molar-refractivity contribution is 5.81. The predicted octanol–water partition coefficient (Wildman–Crippen LogP) is 1.07. The van der Waals surface area contributed by atoms with Gasteiger partial charge in [0.15, 0.2) is 5.96 Å². The fourth-order valence-corrected chi connectivity index (χ4v) is 2.49. The van der Waals surface area contributed by atoms with E-state index in [9.17, 15) is 4.79 Å². The van der Waals surface area contributed by atoms with Crippen molar-refractivity contribution in [2.45, 2.75) is 38.8 Å². The Bertz CT molecular complexity index is 532. The number of guanidine groups is 1. The molecule has 0 fully saturated rings. The smallest absolute Gasteiger partial charge is 0.221 e. The monoisotopic (exact) mass is 318 g/mol. The summed E-state index contributed by atoms with van der Waals surface area (Å²) in [6, 6.07) is 8.27. The van der Waals surface area contributed by atoms with Gasteiger partial charge in [-0.05, 0) is 25.5 Å². The van der Waals surface area contributed by atoms with Gasteiger partial charge in [0.05, 0.1) is 6.54 Å². The van der Waals surface area contributed by atoms with Crippen molar-refractivity contribution in [1.29, 1.82) is 0 Å². The number of para-hydroxylation sites is 1. The third-order valence-corrected chi connectivity index (χ3v) is 3.53. The number of ether oxygens (including phenoxy) is 1. The summed E-state index contributed by atoms with van der Waals surface area (Å²) in [5.41, 5.74) is 1.24. The van der Waals surface area contributed by atoms with Gasteiger partial charge in [-0.15, -0.1) is 0 Å². The Morgan fingerprint density at radius 3 is 2.83 bits per heavy atom. The van der Waals surface area contributed by atoms with Crippen molar-refractivity contribution in [3.05, 3.63) is 29.8 Å². The van der Waals surface area contributed by atoms with Crippen molar-refractivity contribution in [3.8, 4) is 5.75 Å². The molecule has 1 aliphatic rings. The number of benzene rings is 1. The van der Waals surface area contributed by atoms with Crippen LogP contribution in [-0.2, 0) is 11.2 Å². The number of nitrogens with one attached hydrogen (secondary N) is 3. The Kier molecular flexibility index (Phi) is 6.26. The fourth-order valence-electron chi connectivity index (χ4n) is 2.49. The summed E-state index contributed by atoms with van der Waals surface area (Å²) in [6.45, 7) is 5.12. The van der Waals surface area contributed by atoms with Crippen molar-refractivity contribution < 1.29 is 9.53 Å². The van der Waals surface area contributed by atoms with Gasteiger partial charge in [-0.2, -0.15) is 0 Å². The number of amides is 1. The Balaban J connectivity index is 1.67. The lowest BCUT2D eigenvalue weighted by atomic mass is 10.1. The van der Waals surface area contributed by atoms with Crippen LogP contribution in [0.3, 0.4) is 0 Å². The number of hydrogen-bond donors (Lipinski definition) is 3. The van der Waals surface area contributed by atoms with Crippen molar-refractivity contribution >= 4 is 11.9 Å². The molecular weight excluding hydrogens is 292 g/mol. The molecule has 0 saturated heterocycles. The Hall–Kier alpha value is -2.24. The van der Waals surface area contributed by atoms with Gasteiger partial charge < -0.3 is 20.7 Å². The first-order valence-electron chi connectivity index (χ1n) is 8.07. The minimum Gasteiger partial charge on any atom is -0.488 e. The number of carbonyl (C=O) groups excluding carboxylic acids is 1. The molecule has 0 radical (unpaired) electrons. The number of rotatable bonds is 6. The molecule has 3 N–H and O–H groups in total. The molecule has 1 aromatic carbocycles. The van der Waals surface area contributed by atoms with Crippen LogP contribution in [0.4, 0.5) is 0 Å². The second-order valence-electron chi connectivity index (χ2n) is 5.90. The van der Waals surface area contributed by atoms with Crippen LogP contribution < -0.4 is 20.7 Å². The van der Waals surface area contributed by atoms with E-state index in [0.29, 0.717) is 25.5 Å². The Morgan fingerprint density at radius 1 is 1.35 bits per heavy atom. The van der Waals surface area contributed by atoms with Gasteiger partial charge in [-0.25, -0.2) is 0 Å². The van der Waals surface area contributed by atoms with Crippen LogP contribution in [0.15, 0.2) is 29.3 Å². The molecule has 1 atom stereocenters. The zero-order chi connectivity index (χ0) is 16.7. The summed E-state index contributed by atoms with van der Waals surface area (Å²) >= 11 is 0. The van der Waals surface area contributed by atoms with Gasteiger partial charge in [-0.1, -0.05) is 18.2 Å². The van der Waals surface area contributed by atoms with E-state index in [1.165, 1.54) is 5.56 Å². The van der Waals surface area contributed by atoms with Crippen molar-refractivity contribution in [3.63, 3.8) is 0 Å². The van der Waals surface area contributed by atoms with Crippen LogP contribution >= 0.6 is 0 Å². The molecular formula is C17H26N4O2. The van der Waals surface area contributed by atoms with Crippen molar-refractivity contribution in [1.82, 2.24) is 16.0 Å². The van der Waals surface area contributed by atoms with Crippen LogP contribution in [0.25, 0.3) is 0 Å². The third kappa shape index (κ3) is 5.47. The van der Waals surface area contributed by atoms with Crippen LogP contribution in [0, 0.1) is 0 Å². The van der Waals surface area contributed by atoms with Gasteiger partial charge in [0.25, 0.3) is 0 Å². The topological polar surface area (TPSA) is 74.8 Å². The predicted molar refractivity (Wildman–Crippen MR) is 91.8 cm³/mol. The minimum atomic E-state index is 0.0394. The van der Waals surface area contributed by atoms with Crippen LogP contribution in [0.1, 0.15) is 25.8 Å². The largest absolute Gasteiger partial charge is 0.488 e. The maximum atomic E-state index is 11.6. The summed E-state index contributed by atoms with van der Waals surface area (Å²) in [5.74, 6) is 1.69. The first-order valence-corrected chi connectivity index (χ1v) is 8.07. The van der Waals surface area contributed by atoms with E-state index < -0.39 is 0 Å². The summed E-state index contributed by atoms with van der Waals surface area (Å²) in [7, 11) is 1.72. The zero-order valence-corrected chi connectivity index (χ0v) is 14.1. The quantitative estimate of drug-likeness (QED) is 0.542. The average molecular weight is 318 g/mol. The molecule has 0 saturated carbocycles. The standard InChI is InChI=1S/C17H26N4O2/c1-12(2)21-16(22)8-9-19-17(18-3)20-11-14-10-13-6-4-5-7-15(13)23-14/h4-7,12,14H,8-11H2,1-3H3,(H,21,22)(H2,18,19,20). The molecule has 1 heterocycles. The Labute approximate surface area is 137 Å². The Morgan fingerprint density at radius 2 is 2.13 bits per heavy atom. The molecule has 0 aromatic heterocycles. The SMILES string of the molecule is CN=C(NCCC(=O)NC(C)C)NCC1Cc2ccccc2O1. The molecule has 1 aromatic rings. The third-order valence-electron chi connectivity index (χ3n) is 3.53. The lowest BCUT2D eigenvalue weighted by Crippen LogP contribution is -2.43. The van der Waals surface area contributed by atoms with E-state index in [1.807, 2.05) is 32.0 Å². The summed E-state index contributed by atoms with van der Waals surface area (Å²) < 4.78 is 5.88. The zero-order valence-electron chi connectivity index (χ0n) is 14.1. The molecule has 1 amide bonds. The molecule has 0 spiro atoms. The molecule has 2 rings (SSSR count).